The Kier molecular flexibility index (Phi) is 5.44. The van der Waals surface area contributed by atoms with E-state index in [9.17, 15) is 5.11 Å². The van der Waals surface area contributed by atoms with Crippen LogP contribution in [-0.4, -0.2) is 25.1 Å². The summed E-state index contributed by atoms with van der Waals surface area (Å²) < 4.78 is 6.47. The average Bonchev–Trinajstić information content (AvgIpc) is 2.59. The summed E-state index contributed by atoms with van der Waals surface area (Å²) in [6, 6.07) is 0. The van der Waals surface area contributed by atoms with Crippen LogP contribution in [0.4, 0.5) is 0 Å². The third kappa shape index (κ3) is 4.17. The van der Waals surface area contributed by atoms with Gasteiger partial charge in [-0.05, 0) is 56.7 Å². The fraction of sp³-hybridized carbons (Fsp3) is 0.875. The zero-order valence-corrected chi connectivity index (χ0v) is 14.5. The Morgan fingerprint density at radius 3 is 2.58 bits per heavy atom. The Hall–Kier alpha value is -0.123. The summed E-state index contributed by atoms with van der Waals surface area (Å²) in [5.41, 5.74) is -0.599. The lowest BCUT2D eigenvalue weighted by Crippen LogP contribution is -2.50. The fourth-order valence-electron chi connectivity index (χ4n) is 2.56. The second-order valence-corrected chi connectivity index (χ2v) is 12.3. The van der Waals surface area contributed by atoms with Gasteiger partial charge in [-0.25, -0.2) is 0 Å². The molecule has 0 aliphatic heterocycles. The monoisotopic (exact) mass is 284 g/mol. The molecule has 1 saturated carbocycles. The summed E-state index contributed by atoms with van der Waals surface area (Å²) in [5, 5.41) is 11.1. The predicted octanol–water partition coefficient (Wildman–Crippen LogP) is 4.65. The van der Waals surface area contributed by atoms with Crippen LogP contribution in [0, 0.1) is 0 Å². The number of allylic oxidation sites excluding steroid dienone is 1. The van der Waals surface area contributed by atoms with E-state index in [-0.39, 0.29) is 11.1 Å². The van der Waals surface area contributed by atoms with Crippen LogP contribution in [0.2, 0.25) is 18.1 Å². The van der Waals surface area contributed by atoms with E-state index in [0.717, 1.165) is 38.5 Å². The van der Waals surface area contributed by atoms with Crippen LogP contribution in [0.25, 0.3) is 0 Å². The normalized spacial score (nSPS) is 28.6. The first-order valence-electron chi connectivity index (χ1n) is 7.63. The summed E-state index contributed by atoms with van der Waals surface area (Å²) >= 11 is 0. The Morgan fingerprint density at radius 1 is 1.42 bits per heavy atom. The molecule has 112 valence electrons. The molecule has 3 heteroatoms. The first kappa shape index (κ1) is 16.9. The minimum Gasteiger partial charge on any atom is -0.411 e. The summed E-state index contributed by atoms with van der Waals surface area (Å²) in [7, 11) is -1.79. The molecule has 0 heterocycles. The molecule has 1 aliphatic carbocycles. The molecule has 2 atom stereocenters. The van der Waals surface area contributed by atoms with Crippen molar-refractivity contribution in [1.29, 1.82) is 0 Å². The van der Waals surface area contributed by atoms with Gasteiger partial charge in [0.1, 0.15) is 0 Å². The predicted molar refractivity (Wildman–Crippen MR) is 84.9 cm³/mol. The average molecular weight is 285 g/mol. The molecule has 1 aliphatic rings. The Labute approximate surface area is 120 Å². The summed E-state index contributed by atoms with van der Waals surface area (Å²) in [6.45, 7) is 15.1. The number of hydrogen-bond donors (Lipinski definition) is 1. The fourth-order valence-corrected chi connectivity index (χ4v) is 3.96. The minimum atomic E-state index is -1.79. The molecule has 0 aromatic heterocycles. The van der Waals surface area contributed by atoms with Gasteiger partial charge in [-0.15, -0.1) is 6.58 Å². The Morgan fingerprint density at radius 2 is 2.05 bits per heavy atom. The van der Waals surface area contributed by atoms with Crippen LogP contribution in [0.5, 0.6) is 0 Å². The zero-order chi connectivity index (χ0) is 14.7. The van der Waals surface area contributed by atoms with Crippen molar-refractivity contribution in [3.05, 3.63) is 12.7 Å². The van der Waals surface area contributed by atoms with Crippen molar-refractivity contribution in [1.82, 2.24) is 0 Å². The van der Waals surface area contributed by atoms with Crippen molar-refractivity contribution in [3.8, 4) is 0 Å². The number of hydrogen-bond acceptors (Lipinski definition) is 2. The second kappa shape index (κ2) is 6.11. The largest absolute Gasteiger partial charge is 0.411 e. The highest BCUT2D eigenvalue weighted by molar-refractivity contribution is 6.74. The van der Waals surface area contributed by atoms with E-state index in [4.69, 9.17) is 4.43 Å². The molecule has 2 nitrogen and oxygen atoms in total. The summed E-state index contributed by atoms with van der Waals surface area (Å²) in [4.78, 5) is 0. The van der Waals surface area contributed by atoms with Gasteiger partial charge in [-0.3, -0.25) is 0 Å². The number of aliphatic hydroxyl groups is 1. The van der Waals surface area contributed by atoms with Crippen molar-refractivity contribution >= 4 is 8.32 Å². The van der Waals surface area contributed by atoms with Crippen LogP contribution >= 0.6 is 0 Å². The quantitative estimate of drug-likeness (QED) is 0.437. The molecular weight excluding hydrogens is 252 g/mol. The van der Waals surface area contributed by atoms with Gasteiger partial charge in [-0.1, -0.05) is 26.8 Å². The van der Waals surface area contributed by atoms with E-state index in [1.165, 1.54) is 0 Å². The third-order valence-electron chi connectivity index (χ3n) is 4.94. The molecule has 0 aromatic rings. The molecule has 0 spiro atoms. The van der Waals surface area contributed by atoms with E-state index in [1.54, 1.807) is 0 Å². The topological polar surface area (TPSA) is 29.5 Å². The summed E-state index contributed by atoms with van der Waals surface area (Å²) in [6.07, 6.45) is 7.80. The van der Waals surface area contributed by atoms with Gasteiger partial charge in [0.05, 0.1) is 11.7 Å². The van der Waals surface area contributed by atoms with Gasteiger partial charge in [0.15, 0.2) is 8.32 Å². The lowest BCUT2D eigenvalue weighted by atomic mass is 9.93. The van der Waals surface area contributed by atoms with Crippen molar-refractivity contribution in [2.75, 3.05) is 0 Å². The molecule has 19 heavy (non-hydrogen) atoms. The molecule has 1 rings (SSSR count). The molecular formula is C16H32O2Si. The van der Waals surface area contributed by atoms with Gasteiger partial charge in [0.2, 0.25) is 0 Å². The van der Waals surface area contributed by atoms with E-state index in [2.05, 4.69) is 40.4 Å². The molecule has 0 bridgehead atoms. The standard InChI is InChI=1S/C16H32O2Si/c1-7-8-9-12-16(17)13-10-11-14(16)18-19(5,6)15(2,3)4/h7,14,17H,1,8-13H2,2-6H3/t14?,16-/m0/s1. The van der Waals surface area contributed by atoms with Crippen LogP contribution in [-0.2, 0) is 4.43 Å². The highest BCUT2D eigenvalue weighted by Gasteiger charge is 2.47. The first-order valence-corrected chi connectivity index (χ1v) is 10.5. The van der Waals surface area contributed by atoms with E-state index in [1.807, 2.05) is 6.08 Å². The molecule has 1 fully saturated rings. The van der Waals surface area contributed by atoms with Gasteiger partial charge in [-0.2, -0.15) is 0 Å². The van der Waals surface area contributed by atoms with Crippen molar-refractivity contribution in [2.24, 2.45) is 0 Å². The minimum absolute atomic E-state index is 0.0400. The van der Waals surface area contributed by atoms with E-state index < -0.39 is 13.9 Å². The third-order valence-corrected chi connectivity index (χ3v) is 9.42. The van der Waals surface area contributed by atoms with Crippen LogP contribution in [0.15, 0.2) is 12.7 Å². The SMILES string of the molecule is C=CCCC[C@]1(O)CCCC1O[Si](C)(C)C(C)(C)C. The highest BCUT2D eigenvalue weighted by atomic mass is 28.4. The molecule has 1 N–H and O–H groups in total. The summed E-state index contributed by atoms with van der Waals surface area (Å²) in [5.74, 6) is 0. The molecule has 1 unspecified atom stereocenters. The zero-order valence-electron chi connectivity index (χ0n) is 13.5. The maximum atomic E-state index is 10.9. The molecule has 0 aromatic carbocycles. The van der Waals surface area contributed by atoms with Gasteiger partial charge >= 0.3 is 0 Å². The first-order chi connectivity index (χ1) is 8.62. The van der Waals surface area contributed by atoms with Crippen molar-refractivity contribution < 1.29 is 9.53 Å². The van der Waals surface area contributed by atoms with Gasteiger partial charge in [0.25, 0.3) is 0 Å². The van der Waals surface area contributed by atoms with E-state index in [0.29, 0.717) is 0 Å². The Balaban J connectivity index is 2.68. The van der Waals surface area contributed by atoms with Crippen molar-refractivity contribution in [2.45, 2.75) is 89.1 Å². The number of unbranched alkanes of at least 4 members (excludes halogenated alkanes) is 1. The van der Waals surface area contributed by atoms with Gasteiger partial charge < -0.3 is 9.53 Å². The maximum Gasteiger partial charge on any atom is 0.192 e. The number of rotatable bonds is 6. The lowest BCUT2D eigenvalue weighted by molar-refractivity contribution is -0.0528. The van der Waals surface area contributed by atoms with Gasteiger partial charge in [0, 0.05) is 0 Å². The van der Waals surface area contributed by atoms with Crippen molar-refractivity contribution in [3.63, 3.8) is 0 Å². The second-order valence-electron chi connectivity index (χ2n) is 7.54. The van der Waals surface area contributed by atoms with Crippen LogP contribution in [0.1, 0.15) is 59.3 Å². The van der Waals surface area contributed by atoms with Crippen LogP contribution < -0.4 is 0 Å². The van der Waals surface area contributed by atoms with Crippen LogP contribution in [0.3, 0.4) is 0 Å². The lowest BCUT2D eigenvalue weighted by Gasteiger charge is -2.42. The molecule has 0 amide bonds. The highest BCUT2D eigenvalue weighted by Crippen LogP contribution is 2.43. The Bertz CT molecular complexity index is 306. The molecule has 0 radical (unpaired) electrons. The smallest absolute Gasteiger partial charge is 0.192 e. The maximum absolute atomic E-state index is 10.9. The molecule has 0 saturated heterocycles. The van der Waals surface area contributed by atoms with E-state index >= 15 is 0 Å².